The van der Waals surface area contributed by atoms with E-state index in [4.69, 9.17) is 11.1 Å². The summed E-state index contributed by atoms with van der Waals surface area (Å²) in [6.07, 6.45) is 13.6. The Morgan fingerprint density at radius 2 is 1.70 bits per heavy atom. The summed E-state index contributed by atoms with van der Waals surface area (Å²) in [5, 5.41) is 14.3. The van der Waals surface area contributed by atoms with Crippen molar-refractivity contribution in [3.8, 4) is 0 Å². The van der Waals surface area contributed by atoms with Crippen LogP contribution in [0.15, 0.2) is 72.6 Å². The summed E-state index contributed by atoms with van der Waals surface area (Å²) in [7, 11) is 0. The Bertz CT molecular complexity index is 746. The highest BCUT2D eigenvalue weighted by Gasteiger charge is 2.05. The van der Waals surface area contributed by atoms with Crippen LogP contribution in [0.3, 0.4) is 0 Å². The van der Waals surface area contributed by atoms with E-state index in [1.54, 1.807) is 6.08 Å². The van der Waals surface area contributed by atoms with E-state index in [9.17, 15) is 0 Å². The van der Waals surface area contributed by atoms with Crippen molar-refractivity contribution in [1.29, 1.82) is 5.41 Å². The fraction of sp³-hybridized carbons (Fsp3) is 0.105. The lowest BCUT2D eigenvalue weighted by molar-refractivity contribution is 0.966. The van der Waals surface area contributed by atoms with E-state index in [0.717, 1.165) is 24.2 Å². The highest BCUT2D eigenvalue weighted by Crippen LogP contribution is 2.20. The van der Waals surface area contributed by atoms with Crippen LogP contribution >= 0.6 is 0 Å². The molecule has 116 valence electrons. The Kier molecular flexibility index (Phi) is 4.43. The van der Waals surface area contributed by atoms with Gasteiger partial charge in [-0.15, -0.1) is 0 Å². The second kappa shape index (κ2) is 6.83. The van der Waals surface area contributed by atoms with Gasteiger partial charge in [-0.05, 0) is 52.9 Å². The van der Waals surface area contributed by atoms with E-state index in [2.05, 4.69) is 34.9 Å². The molecule has 2 heterocycles. The van der Waals surface area contributed by atoms with Crippen LogP contribution < -0.4 is 16.4 Å². The predicted molar refractivity (Wildman–Crippen MR) is 96.7 cm³/mol. The summed E-state index contributed by atoms with van der Waals surface area (Å²) in [6.45, 7) is 1.60. The number of hydrogen-bond donors (Lipinski definition) is 4. The molecule has 0 spiro atoms. The molecule has 0 saturated heterocycles. The summed E-state index contributed by atoms with van der Waals surface area (Å²) in [4.78, 5) is 0. The lowest BCUT2D eigenvalue weighted by Gasteiger charge is -2.10. The molecular weight excluding hydrogens is 284 g/mol. The first-order chi connectivity index (χ1) is 11.2. The van der Waals surface area contributed by atoms with Gasteiger partial charge in [0.15, 0.2) is 0 Å². The number of benzene rings is 1. The van der Waals surface area contributed by atoms with Crippen molar-refractivity contribution in [3.63, 3.8) is 0 Å². The fourth-order valence-corrected chi connectivity index (χ4v) is 2.50. The Balaban J connectivity index is 1.76. The number of hydrogen-bond acceptors (Lipinski definition) is 4. The van der Waals surface area contributed by atoms with Crippen molar-refractivity contribution < 1.29 is 0 Å². The molecule has 1 aromatic rings. The van der Waals surface area contributed by atoms with E-state index in [-0.39, 0.29) is 0 Å². The molecule has 0 unspecified atom stereocenters. The molecule has 4 heteroatoms. The molecule has 0 bridgehead atoms. The third kappa shape index (κ3) is 3.61. The number of allylic oxidation sites excluding steroid dienone is 5. The maximum Gasteiger partial charge on any atom is 0.0630 e. The zero-order valence-electron chi connectivity index (χ0n) is 12.8. The van der Waals surface area contributed by atoms with Crippen LogP contribution in [0, 0.1) is 5.41 Å². The van der Waals surface area contributed by atoms with Crippen LogP contribution in [-0.4, -0.2) is 18.8 Å². The first-order valence-electron chi connectivity index (χ1n) is 7.61. The number of dihydropyridines is 2. The van der Waals surface area contributed by atoms with Crippen molar-refractivity contribution in [2.45, 2.75) is 0 Å². The largest absolute Gasteiger partial charge is 0.398 e. The van der Waals surface area contributed by atoms with Gasteiger partial charge in [-0.2, -0.15) is 0 Å². The molecule has 0 aliphatic carbocycles. The second-order valence-corrected chi connectivity index (χ2v) is 5.39. The first kappa shape index (κ1) is 14.9. The Morgan fingerprint density at radius 1 is 1.00 bits per heavy atom. The van der Waals surface area contributed by atoms with Gasteiger partial charge in [0.2, 0.25) is 0 Å². The SMILES string of the molecule is N=C(C=C(N)c1ccc(C2=CCNC=C2)cc1)C1=CCNC=C1. The van der Waals surface area contributed by atoms with E-state index < -0.39 is 0 Å². The fourth-order valence-electron chi connectivity index (χ4n) is 2.50. The quantitative estimate of drug-likeness (QED) is 0.646. The average molecular weight is 304 g/mol. The second-order valence-electron chi connectivity index (χ2n) is 5.39. The summed E-state index contributed by atoms with van der Waals surface area (Å²) in [6, 6.07) is 8.12. The number of nitrogens with two attached hydrogens (primary N) is 1. The van der Waals surface area contributed by atoms with Crippen molar-refractivity contribution in [1.82, 2.24) is 10.6 Å². The Morgan fingerprint density at radius 3 is 2.30 bits per heavy atom. The van der Waals surface area contributed by atoms with E-state index in [0.29, 0.717) is 11.4 Å². The third-order valence-electron chi connectivity index (χ3n) is 3.80. The van der Waals surface area contributed by atoms with Gasteiger partial charge in [-0.25, -0.2) is 0 Å². The highest BCUT2D eigenvalue weighted by atomic mass is 14.8. The van der Waals surface area contributed by atoms with Gasteiger partial charge >= 0.3 is 0 Å². The van der Waals surface area contributed by atoms with Crippen LogP contribution in [0.1, 0.15) is 11.1 Å². The van der Waals surface area contributed by atoms with Gasteiger partial charge in [0.1, 0.15) is 0 Å². The summed E-state index contributed by atoms with van der Waals surface area (Å²) >= 11 is 0. The molecule has 1 aromatic carbocycles. The van der Waals surface area contributed by atoms with Gasteiger partial charge in [0, 0.05) is 18.8 Å². The number of nitrogens with one attached hydrogen (secondary N) is 3. The van der Waals surface area contributed by atoms with Crippen LogP contribution in [0.25, 0.3) is 11.3 Å². The minimum atomic E-state index is 0.424. The molecule has 0 fully saturated rings. The van der Waals surface area contributed by atoms with Crippen molar-refractivity contribution in [2.24, 2.45) is 5.73 Å². The Hall–Kier alpha value is -3.01. The highest BCUT2D eigenvalue weighted by molar-refractivity contribution is 6.11. The maximum absolute atomic E-state index is 8.14. The molecule has 5 N–H and O–H groups in total. The van der Waals surface area contributed by atoms with Crippen LogP contribution in [0.5, 0.6) is 0 Å². The molecule has 0 atom stereocenters. The van der Waals surface area contributed by atoms with Gasteiger partial charge in [-0.3, -0.25) is 0 Å². The standard InChI is InChI=1S/C19H20N4/c20-18(13-19(21)17-7-11-23-12-8-17)16-3-1-14(2-4-16)15-5-9-22-10-6-15/h1-9,11,13,21-23H,10,12,20H2. The van der Waals surface area contributed by atoms with Crippen LogP contribution in [0.2, 0.25) is 0 Å². The lowest BCUT2D eigenvalue weighted by Crippen LogP contribution is -2.12. The molecule has 2 aliphatic heterocycles. The summed E-state index contributed by atoms with van der Waals surface area (Å²) in [5.41, 5.74) is 11.3. The molecular formula is C19H20N4. The first-order valence-corrected chi connectivity index (χ1v) is 7.61. The smallest absolute Gasteiger partial charge is 0.0630 e. The summed E-state index contributed by atoms with van der Waals surface area (Å²) in [5.74, 6) is 0. The molecule has 2 aliphatic rings. The van der Waals surface area contributed by atoms with Crippen molar-refractivity contribution in [2.75, 3.05) is 13.1 Å². The zero-order chi connectivity index (χ0) is 16.1. The zero-order valence-corrected chi connectivity index (χ0v) is 12.8. The van der Waals surface area contributed by atoms with E-state index in [1.807, 2.05) is 36.7 Å². The average Bonchev–Trinajstić information content (AvgIpc) is 2.63. The van der Waals surface area contributed by atoms with Gasteiger partial charge < -0.3 is 21.8 Å². The van der Waals surface area contributed by atoms with Gasteiger partial charge in [0.05, 0.1) is 5.71 Å². The lowest BCUT2D eigenvalue weighted by atomic mass is 10.0. The molecule has 23 heavy (non-hydrogen) atoms. The predicted octanol–water partition coefficient (Wildman–Crippen LogP) is 2.55. The molecule has 0 amide bonds. The van der Waals surface area contributed by atoms with Crippen LogP contribution in [-0.2, 0) is 0 Å². The normalized spacial score (nSPS) is 17.0. The molecule has 0 aromatic heterocycles. The monoisotopic (exact) mass is 304 g/mol. The number of rotatable bonds is 4. The van der Waals surface area contributed by atoms with Gasteiger partial charge in [0.25, 0.3) is 0 Å². The maximum atomic E-state index is 8.14. The molecule has 0 saturated carbocycles. The molecule has 4 nitrogen and oxygen atoms in total. The third-order valence-corrected chi connectivity index (χ3v) is 3.80. The topological polar surface area (TPSA) is 73.9 Å². The summed E-state index contributed by atoms with van der Waals surface area (Å²) < 4.78 is 0. The van der Waals surface area contributed by atoms with Crippen LogP contribution in [0.4, 0.5) is 0 Å². The molecule has 3 rings (SSSR count). The molecule has 0 radical (unpaired) electrons. The van der Waals surface area contributed by atoms with Crippen molar-refractivity contribution in [3.05, 3.63) is 83.7 Å². The minimum absolute atomic E-state index is 0.424. The van der Waals surface area contributed by atoms with E-state index in [1.165, 1.54) is 11.1 Å². The van der Waals surface area contributed by atoms with E-state index >= 15 is 0 Å². The Labute approximate surface area is 136 Å². The minimum Gasteiger partial charge on any atom is -0.398 e. The van der Waals surface area contributed by atoms with Gasteiger partial charge in [-0.1, -0.05) is 36.4 Å². The van der Waals surface area contributed by atoms with Crippen molar-refractivity contribution >= 4 is 17.0 Å².